The fourth-order valence-corrected chi connectivity index (χ4v) is 5.25. The highest BCUT2D eigenvalue weighted by molar-refractivity contribution is 7.98. The first-order chi connectivity index (χ1) is 19.4. The molecule has 3 aromatic rings. The standard InChI is InChI=1S/C27H35N7O5S/c1-40-10-8-21(32-24(35)20-7-4-9-29-20)25(36)33-22(11-16-13-30-19-6-3-2-5-18(16)19)26(37)34-23(27(38)39)12-17-14-28-15-31-17/h2-3,5-6,13-15,20-23,29-30H,4,7-12H2,1H3,(H,28,31)(H,32,35)(H,33,36)(H,34,37)(H,38,39). The minimum Gasteiger partial charge on any atom is -0.480 e. The molecule has 12 nitrogen and oxygen atoms in total. The SMILES string of the molecule is CSCCC(NC(=O)C1CCCN1)C(=O)NC(Cc1c[nH]c2ccccc12)C(=O)NC(Cc1cnc[nH]1)C(=O)O. The highest BCUT2D eigenvalue weighted by Crippen LogP contribution is 2.19. The van der Waals surface area contributed by atoms with Crippen LogP contribution in [0.3, 0.4) is 0 Å². The van der Waals surface area contributed by atoms with Crippen LogP contribution in [-0.4, -0.2) is 86.5 Å². The highest BCUT2D eigenvalue weighted by Gasteiger charge is 2.32. The van der Waals surface area contributed by atoms with Gasteiger partial charge in [-0.25, -0.2) is 9.78 Å². The van der Waals surface area contributed by atoms with Crippen LogP contribution in [-0.2, 0) is 32.0 Å². The van der Waals surface area contributed by atoms with Crippen LogP contribution in [0.15, 0.2) is 43.0 Å². The Hall–Kier alpha value is -3.84. The summed E-state index contributed by atoms with van der Waals surface area (Å²) in [7, 11) is 0. The van der Waals surface area contributed by atoms with Crippen molar-refractivity contribution >= 4 is 46.4 Å². The van der Waals surface area contributed by atoms with Crippen LogP contribution < -0.4 is 21.3 Å². The van der Waals surface area contributed by atoms with Crippen LogP contribution in [0.4, 0.5) is 0 Å². The summed E-state index contributed by atoms with van der Waals surface area (Å²) in [4.78, 5) is 61.7. The summed E-state index contributed by atoms with van der Waals surface area (Å²) in [6.07, 6.45) is 8.68. The maximum atomic E-state index is 13.5. The van der Waals surface area contributed by atoms with Crippen molar-refractivity contribution in [2.45, 2.75) is 56.3 Å². The molecule has 1 aliphatic rings. The number of imidazole rings is 1. The minimum atomic E-state index is -1.24. The van der Waals surface area contributed by atoms with Crippen molar-refractivity contribution in [1.82, 2.24) is 36.2 Å². The number of carboxylic acid groups (broad SMARTS) is 1. The molecule has 4 unspecified atom stereocenters. The third kappa shape index (κ3) is 7.63. The number of H-pyrrole nitrogens is 2. The van der Waals surface area contributed by atoms with Gasteiger partial charge in [-0.15, -0.1) is 0 Å². The highest BCUT2D eigenvalue weighted by atomic mass is 32.2. The van der Waals surface area contributed by atoms with Crippen molar-refractivity contribution in [3.8, 4) is 0 Å². The number of para-hydroxylation sites is 1. The molecule has 2 aromatic heterocycles. The number of aromatic amines is 2. The lowest BCUT2D eigenvalue weighted by atomic mass is 10.0. The van der Waals surface area contributed by atoms with E-state index in [-0.39, 0.29) is 24.8 Å². The number of rotatable bonds is 14. The van der Waals surface area contributed by atoms with Crippen LogP contribution in [0.25, 0.3) is 10.9 Å². The zero-order chi connectivity index (χ0) is 28.5. The number of amides is 3. The fraction of sp³-hybridized carbons (Fsp3) is 0.444. The van der Waals surface area contributed by atoms with Crippen LogP contribution in [0.1, 0.15) is 30.5 Å². The van der Waals surface area contributed by atoms with Crippen LogP contribution in [0.2, 0.25) is 0 Å². The number of nitrogens with zero attached hydrogens (tertiary/aromatic N) is 1. The zero-order valence-electron chi connectivity index (χ0n) is 22.2. The molecule has 0 spiro atoms. The Morgan fingerprint density at radius 1 is 1.05 bits per heavy atom. The summed E-state index contributed by atoms with van der Waals surface area (Å²) in [6.45, 7) is 0.746. The van der Waals surface area contributed by atoms with Gasteiger partial charge >= 0.3 is 5.97 Å². The molecular formula is C27H35N7O5S. The van der Waals surface area contributed by atoms with E-state index in [1.807, 2.05) is 30.5 Å². The van der Waals surface area contributed by atoms with E-state index >= 15 is 0 Å². The molecular weight excluding hydrogens is 534 g/mol. The van der Waals surface area contributed by atoms with E-state index in [1.165, 1.54) is 12.5 Å². The van der Waals surface area contributed by atoms with Crippen LogP contribution in [0, 0.1) is 0 Å². The van der Waals surface area contributed by atoms with Gasteiger partial charge in [0.15, 0.2) is 0 Å². The number of carbonyl (C=O) groups is 4. The van der Waals surface area contributed by atoms with Crippen LogP contribution in [0.5, 0.6) is 0 Å². The van der Waals surface area contributed by atoms with Crippen molar-refractivity contribution < 1.29 is 24.3 Å². The largest absolute Gasteiger partial charge is 0.480 e. The number of carboxylic acids is 1. The fourth-order valence-electron chi connectivity index (χ4n) is 4.78. The molecule has 0 saturated carbocycles. The van der Waals surface area contributed by atoms with Gasteiger partial charge in [0.1, 0.15) is 18.1 Å². The normalized spacial score (nSPS) is 17.2. The van der Waals surface area contributed by atoms with Crippen molar-refractivity contribution in [2.75, 3.05) is 18.6 Å². The zero-order valence-corrected chi connectivity index (χ0v) is 23.1. The number of hydrogen-bond donors (Lipinski definition) is 7. The topological polar surface area (TPSA) is 181 Å². The number of carbonyl (C=O) groups excluding carboxylic acids is 3. The number of benzene rings is 1. The molecule has 1 saturated heterocycles. The average Bonchev–Trinajstić information content (AvgIpc) is 3.73. The predicted molar refractivity (Wildman–Crippen MR) is 152 cm³/mol. The summed E-state index contributed by atoms with van der Waals surface area (Å²) in [5.74, 6) is -1.98. The van der Waals surface area contributed by atoms with E-state index < -0.39 is 35.9 Å². The molecule has 0 radical (unpaired) electrons. The summed E-state index contributed by atoms with van der Waals surface area (Å²) in [6, 6.07) is 4.05. The summed E-state index contributed by atoms with van der Waals surface area (Å²) in [5, 5.41) is 22.0. The van der Waals surface area contributed by atoms with Crippen molar-refractivity contribution in [3.63, 3.8) is 0 Å². The molecule has 13 heteroatoms. The number of hydrogen-bond acceptors (Lipinski definition) is 7. The number of aromatic nitrogens is 3. The Morgan fingerprint density at radius 3 is 2.52 bits per heavy atom. The van der Waals surface area contributed by atoms with Gasteiger partial charge in [-0.05, 0) is 49.4 Å². The second kappa shape index (κ2) is 14.0. The molecule has 1 fully saturated rings. The number of fused-ring (bicyclic) bond motifs is 1. The molecule has 1 aromatic carbocycles. The van der Waals surface area contributed by atoms with Gasteiger partial charge in [0.05, 0.1) is 12.4 Å². The molecule has 40 heavy (non-hydrogen) atoms. The van der Waals surface area contributed by atoms with E-state index in [0.717, 1.165) is 29.4 Å². The quantitative estimate of drug-likeness (QED) is 0.148. The molecule has 0 bridgehead atoms. The third-order valence-corrected chi connectivity index (χ3v) is 7.59. The van der Waals surface area contributed by atoms with E-state index in [4.69, 9.17) is 0 Å². The number of thioether (sulfide) groups is 1. The van der Waals surface area contributed by atoms with Crippen LogP contribution >= 0.6 is 11.8 Å². The van der Waals surface area contributed by atoms with Gasteiger partial charge in [-0.3, -0.25) is 14.4 Å². The first kappa shape index (κ1) is 29.2. The van der Waals surface area contributed by atoms with Gasteiger partial charge in [0, 0.05) is 41.8 Å². The molecule has 0 aliphatic carbocycles. The van der Waals surface area contributed by atoms with Gasteiger partial charge in [-0.1, -0.05) is 18.2 Å². The minimum absolute atomic E-state index is 0.00435. The Morgan fingerprint density at radius 2 is 1.82 bits per heavy atom. The van der Waals surface area contributed by atoms with Gasteiger partial charge in [0.25, 0.3) is 0 Å². The molecule has 7 N–H and O–H groups in total. The number of aliphatic carboxylic acids is 1. The smallest absolute Gasteiger partial charge is 0.326 e. The second-order valence-electron chi connectivity index (χ2n) is 9.80. The first-order valence-electron chi connectivity index (χ1n) is 13.2. The lowest BCUT2D eigenvalue weighted by Crippen LogP contribution is -2.57. The van der Waals surface area contributed by atoms with Crippen molar-refractivity contribution in [1.29, 1.82) is 0 Å². The Bertz CT molecular complexity index is 1310. The van der Waals surface area contributed by atoms with Gasteiger partial charge < -0.3 is 36.3 Å². The third-order valence-electron chi connectivity index (χ3n) is 6.95. The van der Waals surface area contributed by atoms with E-state index in [9.17, 15) is 24.3 Å². The Kier molecular flexibility index (Phi) is 10.2. The second-order valence-corrected chi connectivity index (χ2v) is 10.8. The molecule has 3 heterocycles. The lowest BCUT2D eigenvalue weighted by Gasteiger charge is -2.25. The van der Waals surface area contributed by atoms with E-state index in [1.54, 1.807) is 18.0 Å². The molecule has 4 atom stereocenters. The Labute approximate surface area is 235 Å². The average molecular weight is 570 g/mol. The summed E-state index contributed by atoms with van der Waals surface area (Å²) >= 11 is 1.55. The predicted octanol–water partition coefficient (Wildman–Crippen LogP) is 0.720. The molecule has 214 valence electrons. The van der Waals surface area contributed by atoms with E-state index in [0.29, 0.717) is 24.3 Å². The first-order valence-corrected chi connectivity index (χ1v) is 14.6. The van der Waals surface area contributed by atoms with Crippen molar-refractivity contribution in [2.24, 2.45) is 0 Å². The van der Waals surface area contributed by atoms with Gasteiger partial charge in [0.2, 0.25) is 17.7 Å². The molecule has 1 aliphatic heterocycles. The van der Waals surface area contributed by atoms with E-state index in [2.05, 4.69) is 36.2 Å². The summed E-state index contributed by atoms with van der Waals surface area (Å²) in [5.41, 5.74) is 2.21. The van der Waals surface area contributed by atoms with Gasteiger partial charge in [-0.2, -0.15) is 11.8 Å². The maximum Gasteiger partial charge on any atom is 0.326 e. The molecule has 4 rings (SSSR count). The Balaban J connectivity index is 1.54. The van der Waals surface area contributed by atoms with Crippen molar-refractivity contribution in [3.05, 3.63) is 54.2 Å². The monoisotopic (exact) mass is 569 g/mol. The molecule has 3 amide bonds. The lowest BCUT2D eigenvalue weighted by molar-refractivity contribution is -0.142. The number of nitrogens with one attached hydrogen (secondary N) is 6. The maximum absolute atomic E-state index is 13.5. The summed E-state index contributed by atoms with van der Waals surface area (Å²) < 4.78 is 0.